The molecule has 1 saturated carbocycles. The maximum atomic E-state index is 10.9. The van der Waals surface area contributed by atoms with Crippen LogP contribution < -0.4 is 0 Å². The molecule has 0 amide bonds. The maximum absolute atomic E-state index is 10.9. The first-order valence-corrected chi connectivity index (χ1v) is 7.18. The molecule has 0 bridgehead atoms. The second-order valence-electron chi connectivity index (χ2n) is 5.62. The fourth-order valence-electron chi connectivity index (χ4n) is 3.10. The molecular weight excluding hydrogens is 264 g/mol. The monoisotopic (exact) mass is 282 g/mol. The topological polar surface area (TPSA) is 38.7 Å². The first-order valence-electron chi connectivity index (χ1n) is 6.80. The molecule has 0 aromatic heterocycles. The van der Waals surface area contributed by atoms with E-state index in [1.165, 1.54) is 0 Å². The molecule has 104 valence electrons. The Kier molecular flexibility index (Phi) is 3.34. The third-order valence-corrected chi connectivity index (χ3v) is 4.59. The van der Waals surface area contributed by atoms with Crippen LogP contribution in [0.25, 0.3) is 0 Å². The smallest absolute Gasteiger partial charge is 0.168 e. The van der Waals surface area contributed by atoms with E-state index in [1.807, 2.05) is 25.1 Å². The molecule has 19 heavy (non-hydrogen) atoms. The van der Waals surface area contributed by atoms with E-state index in [1.54, 1.807) is 0 Å². The fraction of sp³-hybridized carbons (Fsp3) is 0.600. The number of benzene rings is 1. The molecule has 1 aliphatic carbocycles. The number of aliphatic hydroxyl groups is 1. The van der Waals surface area contributed by atoms with Crippen LogP contribution in [0, 0.1) is 6.92 Å². The molecule has 4 heteroatoms. The van der Waals surface area contributed by atoms with Gasteiger partial charge in [0.05, 0.1) is 18.8 Å². The molecule has 1 heterocycles. The summed E-state index contributed by atoms with van der Waals surface area (Å²) in [5.74, 6) is -0.455. The molecule has 1 aromatic rings. The molecule has 3 nitrogen and oxygen atoms in total. The molecule has 1 aliphatic heterocycles. The summed E-state index contributed by atoms with van der Waals surface area (Å²) in [7, 11) is 0. The maximum Gasteiger partial charge on any atom is 0.168 e. The fourth-order valence-corrected chi connectivity index (χ4v) is 3.51. The second-order valence-corrected chi connectivity index (χ2v) is 6.03. The molecular formula is C15H19ClO3. The van der Waals surface area contributed by atoms with Gasteiger partial charge in [-0.05, 0) is 31.4 Å². The van der Waals surface area contributed by atoms with Crippen LogP contribution in [0.4, 0.5) is 0 Å². The molecule has 0 unspecified atom stereocenters. The van der Waals surface area contributed by atoms with Crippen molar-refractivity contribution in [2.75, 3.05) is 13.2 Å². The predicted octanol–water partition coefficient (Wildman–Crippen LogP) is 3.15. The van der Waals surface area contributed by atoms with E-state index in [9.17, 15) is 5.11 Å². The highest BCUT2D eigenvalue weighted by Crippen LogP contribution is 2.46. The van der Waals surface area contributed by atoms with E-state index in [-0.39, 0.29) is 0 Å². The molecule has 1 saturated heterocycles. The van der Waals surface area contributed by atoms with Crippen molar-refractivity contribution in [2.45, 2.75) is 44.0 Å². The summed E-state index contributed by atoms with van der Waals surface area (Å²) >= 11 is 6.28. The van der Waals surface area contributed by atoms with Gasteiger partial charge in [0.15, 0.2) is 5.79 Å². The van der Waals surface area contributed by atoms with Gasteiger partial charge in [-0.3, -0.25) is 0 Å². The number of rotatable bonds is 1. The molecule has 2 aliphatic rings. The first kappa shape index (κ1) is 13.4. The van der Waals surface area contributed by atoms with Crippen LogP contribution in [0.2, 0.25) is 5.02 Å². The summed E-state index contributed by atoms with van der Waals surface area (Å²) in [4.78, 5) is 0. The van der Waals surface area contributed by atoms with E-state index in [0.29, 0.717) is 43.9 Å². The summed E-state index contributed by atoms with van der Waals surface area (Å²) in [6, 6.07) is 5.83. The normalized spacial score (nSPS) is 24.8. The van der Waals surface area contributed by atoms with E-state index < -0.39 is 11.4 Å². The minimum absolute atomic E-state index is 0.455. The van der Waals surface area contributed by atoms with Gasteiger partial charge in [-0.1, -0.05) is 23.7 Å². The lowest BCUT2D eigenvalue weighted by molar-refractivity contribution is -0.204. The Morgan fingerprint density at radius 3 is 2.32 bits per heavy atom. The van der Waals surface area contributed by atoms with Crippen molar-refractivity contribution in [3.8, 4) is 0 Å². The van der Waals surface area contributed by atoms with Crippen molar-refractivity contribution in [1.82, 2.24) is 0 Å². The average molecular weight is 283 g/mol. The van der Waals surface area contributed by atoms with Gasteiger partial charge in [-0.2, -0.15) is 0 Å². The number of ether oxygens (including phenoxy) is 2. The SMILES string of the molecule is Cc1ccc(C2(O)CCC3(CC2)OCCO3)c(Cl)c1. The van der Waals surface area contributed by atoms with Crippen molar-refractivity contribution in [2.24, 2.45) is 0 Å². The molecule has 2 fully saturated rings. The highest BCUT2D eigenvalue weighted by atomic mass is 35.5. The Balaban J connectivity index is 1.81. The van der Waals surface area contributed by atoms with Gasteiger partial charge >= 0.3 is 0 Å². The van der Waals surface area contributed by atoms with Crippen molar-refractivity contribution in [3.05, 3.63) is 34.3 Å². The number of hydrogen-bond donors (Lipinski definition) is 1. The van der Waals surface area contributed by atoms with E-state index in [2.05, 4.69) is 0 Å². The minimum atomic E-state index is -0.856. The zero-order chi connectivity index (χ0) is 13.5. The van der Waals surface area contributed by atoms with Crippen LogP contribution in [-0.4, -0.2) is 24.1 Å². The summed E-state index contributed by atoms with van der Waals surface area (Å²) < 4.78 is 11.4. The van der Waals surface area contributed by atoms with E-state index in [0.717, 1.165) is 11.1 Å². The molecule has 3 rings (SSSR count). The van der Waals surface area contributed by atoms with Gasteiger partial charge in [0.25, 0.3) is 0 Å². The Hall–Kier alpha value is -0.610. The van der Waals surface area contributed by atoms with Gasteiger partial charge in [0, 0.05) is 23.4 Å². The number of aryl methyl sites for hydroxylation is 1. The minimum Gasteiger partial charge on any atom is -0.385 e. The van der Waals surface area contributed by atoms with Gasteiger partial charge in [0.2, 0.25) is 0 Å². The summed E-state index contributed by atoms with van der Waals surface area (Å²) in [6.07, 6.45) is 2.67. The largest absolute Gasteiger partial charge is 0.385 e. The Morgan fingerprint density at radius 1 is 1.11 bits per heavy atom. The number of hydrogen-bond acceptors (Lipinski definition) is 3. The molecule has 1 N–H and O–H groups in total. The number of halogens is 1. The zero-order valence-corrected chi connectivity index (χ0v) is 11.9. The lowest BCUT2D eigenvalue weighted by Crippen LogP contribution is -2.42. The van der Waals surface area contributed by atoms with Crippen LogP contribution in [0.3, 0.4) is 0 Å². The van der Waals surface area contributed by atoms with Gasteiger partial charge in [-0.15, -0.1) is 0 Å². The lowest BCUT2D eigenvalue weighted by Gasteiger charge is -2.41. The summed E-state index contributed by atoms with van der Waals surface area (Å²) in [5.41, 5.74) is 1.07. The molecule has 0 radical (unpaired) electrons. The van der Waals surface area contributed by atoms with Gasteiger partial charge in [-0.25, -0.2) is 0 Å². The molecule has 1 aromatic carbocycles. The van der Waals surface area contributed by atoms with E-state index >= 15 is 0 Å². The van der Waals surface area contributed by atoms with Crippen molar-refractivity contribution in [1.29, 1.82) is 0 Å². The summed E-state index contributed by atoms with van der Waals surface area (Å²) in [5, 5.41) is 11.5. The average Bonchev–Trinajstić information content (AvgIpc) is 2.82. The first-order chi connectivity index (χ1) is 9.03. The third-order valence-electron chi connectivity index (χ3n) is 4.28. The lowest BCUT2D eigenvalue weighted by atomic mass is 9.77. The Bertz CT molecular complexity index is 470. The van der Waals surface area contributed by atoms with Crippen LogP contribution in [0.5, 0.6) is 0 Å². The molecule has 0 atom stereocenters. The van der Waals surface area contributed by atoms with Gasteiger partial charge in [0.1, 0.15) is 0 Å². The Labute approximate surface area is 118 Å². The standard InChI is InChI=1S/C15H19ClO3/c1-11-2-3-12(13(16)10-11)14(17)4-6-15(7-5-14)18-8-9-19-15/h2-3,10,17H,4-9H2,1H3. The highest BCUT2D eigenvalue weighted by Gasteiger charge is 2.46. The van der Waals surface area contributed by atoms with Crippen molar-refractivity contribution in [3.63, 3.8) is 0 Å². The van der Waals surface area contributed by atoms with Gasteiger partial charge < -0.3 is 14.6 Å². The van der Waals surface area contributed by atoms with Crippen LogP contribution >= 0.6 is 11.6 Å². The van der Waals surface area contributed by atoms with Crippen molar-refractivity contribution < 1.29 is 14.6 Å². The second kappa shape index (κ2) is 4.74. The van der Waals surface area contributed by atoms with Crippen LogP contribution in [0.15, 0.2) is 18.2 Å². The zero-order valence-electron chi connectivity index (χ0n) is 11.1. The molecule has 1 spiro atoms. The third kappa shape index (κ3) is 2.40. The van der Waals surface area contributed by atoms with Crippen molar-refractivity contribution >= 4 is 11.6 Å². The summed E-state index contributed by atoms with van der Waals surface area (Å²) in [6.45, 7) is 3.31. The Morgan fingerprint density at radius 2 is 1.74 bits per heavy atom. The highest BCUT2D eigenvalue weighted by molar-refractivity contribution is 6.31. The predicted molar refractivity (Wildman–Crippen MR) is 73.2 cm³/mol. The van der Waals surface area contributed by atoms with E-state index in [4.69, 9.17) is 21.1 Å². The quantitative estimate of drug-likeness (QED) is 0.860. The van der Waals surface area contributed by atoms with Crippen LogP contribution in [-0.2, 0) is 15.1 Å². The van der Waals surface area contributed by atoms with Crippen LogP contribution in [0.1, 0.15) is 36.8 Å².